The maximum Gasteiger partial charge on any atom is 0.323 e. The summed E-state index contributed by atoms with van der Waals surface area (Å²) in [4.78, 5) is 15.5. The monoisotopic (exact) mass is 383 g/mol. The highest BCUT2D eigenvalue weighted by Gasteiger charge is 2.28. The van der Waals surface area contributed by atoms with Gasteiger partial charge < -0.3 is 14.4 Å². The van der Waals surface area contributed by atoms with Gasteiger partial charge in [-0.25, -0.2) is 4.63 Å². The van der Waals surface area contributed by atoms with E-state index in [1.54, 1.807) is 12.1 Å². The van der Waals surface area contributed by atoms with Gasteiger partial charge in [-0.05, 0) is 40.1 Å². The fourth-order valence-electron chi connectivity index (χ4n) is 3.71. The van der Waals surface area contributed by atoms with Gasteiger partial charge in [0.25, 0.3) is 0 Å². The van der Waals surface area contributed by atoms with Crippen molar-refractivity contribution in [3.63, 3.8) is 0 Å². The molecule has 0 unspecified atom stereocenters. The molecule has 3 heterocycles. The second-order valence-corrected chi connectivity index (χ2v) is 6.77. The predicted molar refractivity (Wildman–Crippen MR) is 98.5 cm³/mol. The molecule has 2 aliphatic rings. The Bertz CT molecular complexity index is 1040. The quantitative estimate of drug-likeness (QED) is 0.495. The summed E-state index contributed by atoms with van der Waals surface area (Å²) in [6.07, 6.45) is 0. The molecular weight excluding hydrogens is 366 g/mol. The van der Waals surface area contributed by atoms with Crippen LogP contribution in [-0.2, 0) is 6.54 Å². The second kappa shape index (κ2) is 6.64. The molecule has 1 fully saturated rings. The van der Waals surface area contributed by atoms with Crippen molar-refractivity contribution in [1.29, 1.82) is 0 Å². The molecule has 2 aliphatic heterocycles. The molecule has 1 aromatic heterocycles. The van der Waals surface area contributed by atoms with Gasteiger partial charge in [-0.3, -0.25) is 15.0 Å². The maximum atomic E-state index is 11.6. The van der Waals surface area contributed by atoms with Crippen molar-refractivity contribution < 1.29 is 19.0 Å². The Kier molecular flexibility index (Phi) is 3.97. The first-order valence-corrected chi connectivity index (χ1v) is 8.94. The molecule has 28 heavy (non-hydrogen) atoms. The zero-order valence-corrected chi connectivity index (χ0v) is 14.9. The van der Waals surface area contributed by atoms with Crippen LogP contribution in [0.1, 0.15) is 5.56 Å². The SMILES string of the molecule is O=[N+]([O-])c1c(N2CCN(Cc3ccc4c(c3)OCO4)CC2)ccc2nonc12. The Labute approximate surface area is 159 Å². The Balaban J connectivity index is 1.30. The molecule has 0 atom stereocenters. The number of hydrogen-bond acceptors (Lipinski definition) is 9. The number of piperazine rings is 1. The highest BCUT2D eigenvalue weighted by Crippen LogP contribution is 2.35. The molecule has 0 amide bonds. The van der Waals surface area contributed by atoms with Gasteiger partial charge in [0.1, 0.15) is 11.2 Å². The largest absolute Gasteiger partial charge is 0.454 e. The van der Waals surface area contributed by atoms with E-state index in [2.05, 4.69) is 19.8 Å². The summed E-state index contributed by atoms with van der Waals surface area (Å²) in [5.74, 6) is 1.56. The molecule has 2 aromatic carbocycles. The first-order valence-electron chi connectivity index (χ1n) is 8.94. The standard InChI is InChI=1S/C18H17N5O5/c24-23(25)18-14(3-2-13-17(18)20-28-19-13)22-7-5-21(6-8-22)10-12-1-4-15-16(9-12)27-11-26-15/h1-4,9H,5-8,10-11H2. The Hall–Kier alpha value is -3.40. The minimum Gasteiger partial charge on any atom is -0.454 e. The number of anilines is 1. The van der Waals surface area contributed by atoms with Crippen molar-refractivity contribution in [2.24, 2.45) is 0 Å². The van der Waals surface area contributed by atoms with Gasteiger partial charge in [-0.1, -0.05) is 6.07 Å². The molecular formula is C18H17N5O5. The third-order valence-corrected chi connectivity index (χ3v) is 5.12. The molecule has 1 saturated heterocycles. The minimum atomic E-state index is -0.416. The number of nitrogens with zero attached hydrogens (tertiary/aromatic N) is 5. The molecule has 10 heteroatoms. The lowest BCUT2D eigenvalue weighted by atomic mass is 10.1. The van der Waals surface area contributed by atoms with E-state index in [-0.39, 0.29) is 18.0 Å². The Morgan fingerprint density at radius 2 is 1.86 bits per heavy atom. The van der Waals surface area contributed by atoms with Gasteiger partial charge in [0, 0.05) is 32.7 Å². The van der Waals surface area contributed by atoms with E-state index in [9.17, 15) is 10.1 Å². The number of fused-ring (bicyclic) bond motifs is 2. The van der Waals surface area contributed by atoms with E-state index >= 15 is 0 Å². The van der Waals surface area contributed by atoms with Gasteiger partial charge in [0.15, 0.2) is 11.5 Å². The molecule has 3 aromatic rings. The fourth-order valence-corrected chi connectivity index (χ4v) is 3.71. The van der Waals surface area contributed by atoms with Crippen LogP contribution in [0.2, 0.25) is 0 Å². The van der Waals surface area contributed by atoms with Crippen LogP contribution in [0.4, 0.5) is 11.4 Å². The van der Waals surface area contributed by atoms with Gasteiger partial charge in [-0.2, -0.15) is 0 Å². The number of ether oxygens (including phenoxy) is 2. The van der Waals surface area contributed by atoms with Crippen molar-refractivity contribution in [3.05, 3.63) is 46.0 Å². The van der Waals surface area contributed by atoms with E-state index in [1.165, 1.54) is 0 Å². The number of nitro benzene ring substituents is 1. The zero-order valence-electron chi connectivity index (χ0n) is 14.9. The first kappa shape index (κ1) is 16.8. The molecule has 0 saturated carbocycles. The van der Waals surface area contributed by atoms with Crippen LogP contribution in [0.3, 0.4) is 0 Å². The molecule has 5 rings (SSSR count). The number of hydrogen-bond donors (Lipinski definition) is 0. The van der Waals surface area contributed by atoms with Gasteiger partial charge in [0.2, 0.25) is 12.3 Å². The summed E-state index contributed by atoms with van der Waals surface area (Å²) >= 11 is 0. The van der Waals surface area contributed by atoms with Gasteiger partial charge >= 0.3 is 5.69 Å². The molecule has 0 bridgehead atoms. The minimum absolute atomic E-state index is 0.0528. The molecule has 0 aliphatic carbocycles. The summed E-state index contributed by atoms with van der Waals surface area (Å²) in [5, 5.41) is 19.0. The summed E-state index contributed by atoms with van der Waals surface area (Å²) in [6, 6.07) is 9.39. The molecule has 0 spiro atoms. The first-order chi connectivity index (χ1) is 13.7. The van der Waals surface area contributed by atoms with Crippen LogP contribution in [0.25, 0.3) is 11.0 Å². The van der Waals surface area contributed by atoms with Crippen molar-refractivity contribution in [2.75, 3.05) is 37.9 Å². The van der Waals surface area contributed by atoms with E-state index in [0.717, 1.165) is 36.7 Å². The summed E-state index contributed by atoms with van der Waals surface area (Å²) in [7, 11) is 0. The van der Waals surface area contributed by atoms with Crippen molar-refractivity contribution in [2.45, 2.75) is 6.54 Å². The number of aromatic nitrogens is 2. The van der Waals surface area contributed by atoms with E-state index in [1.807, 2.05) is 23.1 Å². The number of nitro groups is 1. The van der Waals surface area contributed by atoms with Crippen molar-refractivity contribution in [3.8, 4) is 11.5 Å². The van der Waals surface area contributed by atoms with Crippen molar-refractivity contribution in [1.82, 2.24) is 15.2 Å². The average Bonchev–Trinajstić information content (AvgIpc) is 3.36. The van der Waals surface area contributed by atoms with Gasteiger partial charge in [-0.15, -0.1) is 0 Å². The summed E-state index contributed by atoms with van der Waals surface area (Å²) < 4.78 is 15.4. The zero-order chi connectivity index (χ0) is 19.1. The molecule has 144 valence electrons. The lowest BCUT2D eigenvalue weighted by Crippen LogP contribution is -2.46. The number of benzene rings is 2. The molecule has 0 N–H and O–H groups in total. The summed E-state index contributed by atoms with van der Waals surface area (Å²) in [5.41, 5.74) is 2.22. The fraction of sp³-hybridized carbons (Fsp3) is 0.333. The van der Waals surface area contributed by atoms with Crippen LogP contribution in [0.15, 0.2) is 35.0 Å². The lowest BCUT2D eigenvalue weighted by molar-refractivity contribution is -0.382. The number of rotatable bonds is 4. The molecule has 0 radical (unpaired) electrons. The lowest BCUT2D eigenvalue weighted by Gasteiger charge is -2.35. The third-order valence-electron chi connectivity index (χ3n) is 5.12. The Morgan fingerprint density at radius 3 is 2.68 bits per heavy atom. The highest BCUT2D eigenvalue weighted by atomic mass is 16.7. The normalized spacial score (nSPS) is 16.6. The Morgan fingerprint density at radius 1 is 1.04 bits per heavy atom. The highest BCUT2D eigenvalue weighted by molar-refractivity contribution is 5.91. The van der Waals surface area contributed by atoms with Gasteiger partial charge in [0.05, 0.1) is 4.92 Å². The van der Waals surface area contributed by atoms with Crippen molar-refractivity contribution >= 4 is 22.4 Å². The molecule has 10 nitrogen and oxygen atoms in total. The van der Waals surface area contributed by atoms with E-state index in [0.29, 0.717) is 24.3 Å². The third kappa shape index (κ3) is 2.87. The average molecular weight is 383 g/mol. The van der Waals surface area contributed by atoms with Crippen LogP contribution in [0.5, 0.6) is 11.5 Å². The van der Waals surface area contributed by atoms with Crippen LogP contribution in [-0.4, -0.2) is 53.1 Å². The summed E-state index contributed by atoms with van der Waals surface area (Å²) in [6.45, 7) is 4.01. The topological polar surface area (TPSA) is 107 Å². The van der Waals surface area contributed by atoms with E-state index in [4.69, 9.17) is 9.47 Å². The van der Waals surface area contributed by atoms with E-state index < -0.39 is 4.92 Å². The van der Waals surface area contributed by atoms with Crippen LogP contribution >= 0.6 is 0 Å². The van der Waals surface area contributed by atoms with Crippen LogP contribution in [0, 0.1) is 10.1 Å². The second-order valence-electron chi connectivity index (χ2n) is 6.77. The van der Waals surface area contributed by atoms with Crippen LogP contribution < -0.4 is 14.4 Å². The maximum absolute atomic E-state index is 11.6. The predicted octanol–water partition coefficient (Wildman–Crippen LogP) is 2.18. The smallest absolute Gasteiger partial charge is 0.323 e.